The van der Waals surface area contributed by atoms with Crippen molar-refractivity contribution >= 4 is 11.9 Å². The summed E-state index contributed by atoms with van der Waals surface area (Å²) in [5.41, 5.74) is 3.43. The summed E-state index contributed by atoms with van der Waals surface area (Å²) in [6.45, 7) is 1.58. The molecule has 3 fully saturated rings. The first kappa shape index (κ1) is 21.2. The average Bonchev–Trinajstić information content (AvgIpc) is 3.24. The molecule has 2 aromatic rings. The van der Waals surface area contributed by atoms with Gasteiger partial charge in [0.15, 0.2) is 0 Å². The summed E-state index contributed by atoms with van der Waals surface area (Å²) < 4.78 is 5.69. The van der Waals surface area contributed by atoms with Gasteiger partial charge in [-0.15, -0.1) is 0 Å². The molecular weight excluding hydrogens is 406 g/mol. The number of carbonyl (C=O) groups excluding carboxylic acids is 1. The number of benzene rings is 1. The normalized spacial score (nSPS) is 29.1. The summed E-state index contributed by atoms with van der Waals surface area (Å²) in [6.07, 6.45) is 7.07. The fourth-order valence-electron chi connectivity index (χ4n) is 6.05. The van der Waals surface area contributed by atoms with Crippen molar-refractivity contribution in [1.29, 1.82) is 0 Å². The second kappa shape index (κ2) is 8.35. The van der Waals surface area contributed by atoms with Crippen molar-refractivity contribution in [2.45, 2.75) is 56.5 Å². The number of likely N-dealkylation sites (tertiary alicyclic amines) is 1. The highest BCUT2D eigenvalue weighted by Gasteiger charge is 2.55. The molecule has 1 aromatic carbocycles. The van der Waals surface area contributed by atoms with Crippen LogP contribution in [0.15, 0.2) is 36.5 Å². The van der Waals surface area contributed by atoms with Gasteiger partial charge in [-0.25, -0.2) is 0 Å². The van der Waals surface area contributed by atoms with E-state index >= 15 is 0 Å². The van der Waals surface area contributed by atoms with Crippen LogP contribution >= 0.6 is 0 Å². The zero-order valence-electron chi connectivity index (χ0n) is 18.5. The van der Waals surface area contributed by atoms with Crippen molar-refractivity contribution in [3.8, 4) is 0 Å². The van der Waals surface area contributed by atoms with Crippen LogP contribution in [0.25, 0.3) is 0 Å². The highest BCUT2D eigenvalue weighted by Crippen LogP contribution is 2.65. The lowest BCUT2D eigenvalue weighted by Gasteiger charge is -2.34. The molecule has 2 N–H and O–H groups in total. The zero-order valence-corrected chi connectivity index (χ0v) is 18.5. The number of hydrogen-bond donors (Lipinski definition) is 2. The Balaban J connectivity index is 1.22. The first-order chi connectivity index (χ1) is 15.5. The van der Waals surface area contributed by atoms with Gasteiger partial charge in [-0.3, -0.25) is 14.7 Å². The van der Waals surface area contributed by atoms with Crippen LogP contribution in [0.2, 0.25) is 0 Å². The molecule has 2 saturated carbocycles. The summed E-state index contributed by atoms with van der Waals surface area (Å²) in [4.78, 5) is 26.0. The molecule has 1 aliphatic heterocycles. The Hall–Kier alpha value is -2.67. The maximum absolute atomic E-state index is 12.6. The van der Waals surface area contributed by atoms with E-state index in [9.17, 15) is 14.7 Å². The first-order valence-corrected chi connectivity index (χ1v) is 11.6. The van der Waals surface area contributed by atoms with Crippen LogP contribution in [-0.2, 0) is 9.53 Å². The minimum Gasteiger partial charge on any atom is -0.481 e. The molecule has 5 rings (SSSR count). The lowest BCUT2D eigenvalue weighted by molar-refractivity contribution is -0.144. The Morgan fingerprint density at radius 1 is 1.12 bits per heavy atom. The molecule has 7 heteroatoms. The van der Waals surface area contributed by atoms with Crippen LogP contribution in [-0.4, -0.2) is 58.4 Å². The third-order valence-electron chi connectivity index (χ3n) is 8.17. The summed E-state index contributed by atoms with van der Waals surface area (Å²) in [5, 5.41) is 16.1. The largest absolute Gasteiger partial charge is 0.481 e. The number of rotatable bonds is 5. The van der Waals surface area contributed by atoms with Crippen LogP contribution in [0, 0.1) is 11.3 Å². The number of carbonyl (C=O) groups is 2. The molecule has 0 radical (unpaired) electrons. The number of aromatic nitrogens is 2. The van der Waals surface area contributed by atoms with Gasteiger partial charge in [-0.1, -0.05) is 24.3 Å². The van der Waals surface area contributed by atoms with Gasteiger partial charge in [-0.2, -0.15) is 5.10 Å². The van der Waals surface area contributed by atoms with Gasteiger partial charge in [0.05, 0.1) is 12.0 Å². The molecule has 4 unspecified atom stereocenters. The van der Waals surface area contributed by atoms with Crippen LogP contribution in [0.5, 0.6) is 0 Å². The maximum atomic E-state index is 12.6. The number of carboxylic acids is 1. The number of H-pyrrole nitrogens is 1. The minimum atomic E-state index is -0.696. The van der Waals surface area contributed by atoms with E-state index in [4.69, 9.17) is 4.74 Å². The molecule has 2 aliphatic carbocycles. The number of carboxylic acid groups (broad SMARTS) is 1. The Morgan fingerprint density at radius 2 is 1.84 bits per heavy atom. The Labute approximate surface area is 188 Å². The number of ether oxygens (including phenoxy) is 1. The summed E-state index contributed by atoms with van der Waals surface area (Å²) in [6, 6.07) is 10.5. The van der Waals surface area contributed by atoms with E-state index in [1.54, 1.807) is 19.4 Å². The topological polar surface area (TPSA) is 95.5 Å². The average molecular weight is 438 g/mol. The number of hydrogen-bond acceptors (Lipinski definition) is 4. The number of amides is 1. The fraction of sp³-hybridized carbons (Fsp3) is 0.560. The number of methoxy groups -OCH3 is 1. The zero-order chi connectivity index (χ0) is 22.3. The van der Waals surface area contributed by atoms with Gasteiger partial charge >= 0.3 is 5.97 Å². The molecule has 4 atom stereocenters. The smallest absolute Gasteiger partial charge is 0.306 e. The summed E-state index contributed by atoms with van der Waals surface area (Å²) in [7, 11) is 1.73. The van der Waals surface area contributed by atoms with Gasteiger partial charge in [0.25, 0.3) is 5.91 Å². The molecule has 1 aromatic heterocycles. The monoisotopic (exact) mass is 437 g/mol. The molecule has 1 spiro atoms. The second-order valence-corrected chi connectivity index (χ2v) is 9.78. The second-order valence-electron chi connectivity index (χ2n) is 9.78. The van der Waals surface area contributed by atoms with E-state index in [1.165, 1.54) is 17.5 Å². The maximum Gasteiger partial charge on any atom is 0.306 e. The van der Waals surface area contributed by atoms with E-state index in [-0.39, 0.29) is 23.8 Å². The summed E-state index contributed by atoms with van der Waals surface area (Å²) in [5.74, 6) is -0.254. The molecule has 1 amide bonds. The van der Waals surface area contributed by atoms with Crippen molar-refractivity contribution in [1.82, 2.24) is 15.1 Å². The van der Waals surface area contributed by atoms with Crippen molar-refractivity contribution in [2.75, 3.05) is 20.2 Å². The van der Waals surface area contributed by atoms with Gasteiger partial charge in [0.2, 0.25) is 0 Å². The predicted molar refractivity (Wildman–Crippen MR) is 118 cm³/mol. The predicted octanol–water partition coefficient (Wildman–Crippen LogP) is 3.80. The van der Waals surface area contributed by atoms with Crippen molar-refractivity contribution in [3.05, 3.63) is 53.3 Å². The minimum absolute atomic E-state index is 0.0405. The molecule has 32 heavy (non-hydrogen) atoms. The van der Waals surface area contributed by atoms with E-state index in [2.05, 4.69) is 34.5 Å². The Kier molecular flexibility index (Phi) is 5.53. The van der Waals surface area contributed by atoms with Crippen LogP contribution in [0.3, 0.4) is 0 Å². The lowest BCUT2D eigenvalue weighted by Crippen LogP contribution is -2.39. The number of piperidine rings is 1. The molecule has 7 nitrogen and oxygen atoms in total. The summed E-state index contributed by atoms with van der Waals surface area (Å²) >= 11 is 0. The molecule has 170 valence electrons. The third-order valence-corrected chi connectivity index (χ3v) is 8.17. The standard InChI is InChI=1S/C25H31N3O4/c1-32-22-7-6-18(24(30)31)14-19(22)16-2-4-17(5-3-16)20-15-25(20)9-12-28(13-10-25)23(29)21-8-11-26-27-21/h2-5,8,11,18-20,22H,6-7,9-10,12-15H2,1H3,(H,26,27)(H,30,31). The Bertz CT molecular complexity index is 964. The van der Waals surface area contributed by atoms with Crippen LogP contribution in [0.1, 0.15) is 72.0 Å². The number of nitrogens with zero attached hydrogens (tertiary/aromatic N) is 2. The SMILES string of the molecule is COC1CCC(C(=O)O)CC1c1ccc(C2CC23CCN(C(=O)c2ccn[nH]2)CC3)cc1. The number of aromatic amines is 1. The van der Waals surface area contributed by atoms with Crippen LogP contribution in [0.4, 0.5) is 0 Å². The van der Waals surface area contributed by atoms with E-state index in [1.807, 2.05) is 4.90 Å². The van der Waals surface area contributed by atoms with Crippen molar-refractivity contribution in [2.24, 2.45) is 11.3 Å². The van der Waals surface area contributed by atoms with E-state index in [0.29, 0.717) is 29.9 Å². The number of nitrogens with one attached hydrogen (secondary N) is 1. The van der Waals surface area contributed by atoms with Crippen LogP contribution < -0.4 is 0 Å². The molecule has 1 saturated heterocycles. The quantitative estimate of drug-likeness (QED) is 0.742. The van der Waals surface area contributed by atoms with Gasteiger partial charge in [0.1, 0.15) is 5.69 Å². The highest BCUT2D eigenvalue weighted by atomic mass is 16.5. The van der Waals surface area contributed by atoms with E-state index in [0.717, 1.165) is 32.4 Å². The van der Waals surface area contributed by atoms with E-state index < -0.39 is 5.97 Å². The van der Waals surface area contributed by atoms with Crippen molar-refractivity contribution < 1.29 is 19.4 Å². The highest BCUT2D eigenvalue weighted by molar-refractivity contribution is 5.92. The lowest BCUT2D eigenvalue weighted by atomic mass is 9.75. The molecule has 2 heterocycles. The van der Waals surface area contributed by atoms with Gasteiger partial charge in [0, 0.05) is 32.3 Å². The molecular formula is C25H31N3O4. The molecule has 0 bridgehead atoms. The third kappa shape index (κ3) is 3.83. The Morgan fingerprint density at radius 3 is 2.47 bits per heavy atom. The van der Waals surface area contributed by atoms with Gasteiger partial charge < -0.3 is 14.7 Å². The first-order valence-electron chi connectivity index (χ1n) is 11.6. The number of aliphatic carboxylic acids is 1. The fourth-order valence-corrected chi connectivity index (χ4v) is 6.05. The van der Waals surface area contributed by atoms with Crippen molar-refractivity contribution in [3.63, 3.8) is 0 Å². The molecule has 3 aliphatic rings. The van der Waals surface area contributed by atoms with Gasteiger partial charge in [-0.05, 0) is 67.1 Å².